The Morgan fingerprint density at radius 3 is 2.56 bits per heavy atom. The molecule has 0 fully saturated rings. The van der Waals surface area contributed by atoms with E-state index in [2.05, 4.69) is 11.2 Å². The molecule has 172 valence electrons. The third kappa shape index (κ3) is 3.71. The Morgan fingerprint density at radius 1 is 1.12 bits per heavy atom. The van der Waals surface area contributed by atoms with Crippen LogP contribution in [0.5, 0.6) is 0 Å². The number of benzene rings is 2. The molecule has 1 N–H and O–H groups in total. The van der Waals surface area contributed by atoms with Crippen LogP contribution in [0.2, 0.25) is 0 Å². The van der Waals surface area contributed by atoms with E-state index in [1.54, 1.807) is 49.4 Å². The first-order valence-electron chi connectivity index (χ1n) is 10.3. The van der Waals surface area contributed by atoms with Crippen LogP contribution < -0.4 is 10.7 Å². The molecule has 0 bridgehead atoms. The average molecular weight is 461 g/mol. The molecule has 1 aliphatic rings. The molecule has 8 heteroatoms. The lowest BCUT2D eigenvalue weighted by atomic mass is 9.79. The van der Waals surface area contributed by atoms with Gasteiger partial charge in [0.15, 0.2) is 6.61 Å². The minimum Gasteiger partial charge on any atom is -0.466 e. The van der Waals surface area contributed by atoms with Crippen molar-refractivity contribution in [3.8, 4) is 12.3 Å². The van der Waals surface area contributed by atoms with Gasteiger partial charge < -0.3 is 19.2 Å². The highest BCUT2D eigenvalue weighted by atomic mass is 19.1. The number of terminal acetylenes is 1. The van der Waals surface area contributed by atoms with Crippen molar-refractivity contribution in [1.82, 2.24) is 5.32 Å². The number of ether oxygens (including phenoxy) is 2. The second kappa shape index (κ2) is 9.24. The number of alkyl halides is 1. The zero-order valence-corrected chi connectivity index (χ0v) is 18.4. The topological polar surface area (TPSA) is 94.8 Å². The van der Waals surface area contributed by atoms with Crippen molar-refractivity contribution >= 4 is 33.9 Å². The third-order valence-electron chi connectivity index (χ3n) is 5.64. The van der Waals surface area contributed by atoms with Crippen LogP contribution in [0, 0.1) is 12.3 Å². The molecule has 2 aromatic carbocycles. The zero-order chi connectivity index (χ0) is 24.4. The summed E-state index contributed by atoms with van der Waals surface area (Å²) < 4.78 is 30.2. The van der Waals surface area contributed by atoms with Gasteiger partial charge in [0.2, 0.25) is 5.43 Å². The fourth-order valence-electron chi connectivity index (χ4n) is 4.19. The van der Waals surface area contributed by atoms with Crippen molar-refractivity contribution in [2.45, 2.75) is 12.8 Å². The van der Waals surface area contributed by atoms with E-state index in [-0.39, 0.29) is 45.5 Å². The normalized spacial score (nSPS) is 15.8. The molecule has 0 saturated carbocycles. The highest BCUT2D eigenvalue weighted by Crippen LogP contribution is 2.42. The number of nitrogens with one attached hydrogen (secondary N) is 1. The number of rotatable bonds is 5. The number of allylic oxidation sites excluding steroid dienone is 2. The van der Waals surface area contributed by atoms with Crippen LogP contribution in [-0.4, -0.2) is 32.3 Å². The smallest absolute Gasteiger partial charge is 0.337 e. The van der Waals surface area contributed by atoms with Crippen LogP contribution in [0.25, 0.3) is 21.9 Å². The van der Waals surface area contributed by atoms with E-state index in [4.69, 9.17) is 20.3 Å². The SMILES string of the molecule is C#CCOC(=O)C1=C(C)NC(CF)=C(C(=O)OC)C1c1cccc2c(=O)c3ccccc3oc12. The third-order valence-corrected chi connectivity index (χ3v) is 5.64. The number of fused-ring (bicyclic) bond motifs is 2. The molecule has 1 aromatic heterocycles. The van der Waals surface area contributed by atoms with Crippen LogP contribution in [0.15, 0.2) is 74.2 Å². The molecule has 1 unspecified atom stereocenters. The summed E-state index contributed by atoms with van der Waals surface area (Å²) in [6, 6.07) is 11.5. The van der Waals surface area contributed by atoms with E-state index in [9.17, 15) is 18.8 Å². The second-order valence-electron chi connectivity index (χ2n) is 7.55. The van der Waals surface area contributed by atoms with E-state index in [1.165, 1.54) is 0 Å². The van der Waals surface area contributed by atoms with Gasteiger partial charge in [0.1, 0.15) is 17.8 Å². The molecule has 7 nitrogen and oxygen atoms in total. The molecular weight excluding hydrogens is 441 g/mol. The summed E-state index contributed by atoms with van der Waals surface area (Å²) in [5.74, 6) is -0.567. The molecule has 4 rings (SSSR count). The van der Waals surface area contributed by atoms with Crippen molar-refractivity contribution in [2.24, 2.45) is 0 Å². The van der Waals surface area contributed by atoms with E-state index >= 15 is 0 Å². The van der Waals surface area contributed by atoms with Gasteiger partial charge in [-0.3, -0.25) is 4.79 Å². The molecule has 1 aliphatic heterocycles. The number of hydrogen-bond donors (Lipinski definition) is 1. The molecule has 34 heavy (non-hydrogen) atoms. The van der Waals surface area contributed by atoms with E-state index in [1.807, 2.05) is 0 Å². The fraction of sp³-hybridized carbons (Fsp3) is 0.192. The number of hydrogen-bond acceptors (Lipinski definition) is 7. The maximum atomic E-state index is 14.0. The van der Waals surface area contributed by atoms with Crippen molar-refractivity contribution in [2.75, 3.05) is 20.4 Å². The summed E-state index contributed by atoms with van der Waals surface area (Å²) in [5.41, 5.74) is 0.609. The molecule has 0 radical (unpaired) electrons. The number of methoxy groups -OCH3 is 1. The largest absolute Gasteiger partial charge is 0.466 e. The predicted octanol–water partition coefficient (Wildman–Crippen LogP) is 3.48. The van der Waals surface area contributed by atoms with Crippen LogP contribution >= 0.6 is 0 Å². The summed E-state index contributed by atoms with van der Waals surface area (Å²) in [7, 11) is 1.15. The first-order valence-corrected chi connectivity index (χ1v) is 10.3. The summed E-state index contributed by atoms with van der Waals surface area (Å²) in [6.07, 6.45) is 5.23. The zero-order valence-electron chi connectivity index (χ0n) is 18.4. The van der Waals surface area contributed by atoms with E-state index in [0.717, 1.165) is 7.11 Å². The summed E-state index contributed by atoms with van der Waals surface area (Å²) in [4.78, 5) is 39.1. The first-order chi connectivity index (χ1) is 16.4. The van der Waals surface area contributed by atoms with E-state index < -0.39 is 24.5 Å². The fourth-order valence-corrected chi connectivity index (χ4v) is 4.19. The molecular formula is C26H20FNO6. The lowest BCUT2D eigenvalue weighted by molar-refractivity contribution is -0.138. The quantitative estimate of drug-likeness (QED) is 0.353. The minimum absolute atomic E-state index is 0.0242. The lowest BCUT2D eigenvalue weighted by Gasteiger charge is -2.30. The van der Waals surface area contributed by atoms with Crippen LogP contribution in [0.3, 0.4) is 0 Å². The highest BCUT2D eigenvalue weighted by molar-refractivity contribution is 6.02. The number of para-hydroxylation sites is 2. The van der Waals surface area contributed by atoms with Gasteiger partial charge in [-0.25, -0.2) is 14.0 Å². The van der Waals surface area contributed by atoms with Gasteiger partial charge in [0, 0.05) is 11.3 Å². The van der Waals surface area contributed by atoms with Gasteiger partial charge in [-0.05, 0) is 25.1 Å². The molecule has 0 aliphatic carbocycles. The van der Waals surface area contributed by atoms with Gasteiger partial charge in [0.25, 0.3) is 0 Å². The standard InChI is InChI=1S/C26H20FNO6/c1-4-12-33-26(31)20-14(2)28-18(13-27)22(25(30)32-3)21(20)16-9-7-10-17-23(29)15-8-5-6-11-19(15)34-24(16)17/h1,5-11,21,28H,12-13H2,2-3H3. The van der Waals surface area contributed by atoms with Crippen LogP contribution in [-0.2, 0) is 19.1 Å². The Balaban J connectivity index is 2.08. The number of carbonyl (C=O) groups is 2. The Bertz CT molecular complexity index is 1490. The maximum absolute atomic E-state index is 14.0. The van der Waals surface area contributed by atoms with Crippen molar-refractivity contribution in [3.05, 3.63) is 80.8 Å². The minimum atomic E-state index is -1.14. The van der Waals surface area contributed by atoms with Crippen molar-refractivity contribution in [3.63, 3.8) is 0 Å². The monoisotopic (exact) mass is 461 g/mol. The van der Waals surface area contributed by atoms with Gasteiger partial charge in [-0.15, -0.1) is 6.42 Å². The van der Waals surface area contributed by atoms with Crippen molar-refractivity contribution in [1.29, 1.82) is 0 Å². The maximum Gasteiger partial charge on any atom is 0.337 e. The van der Waals surface area contributed by atoms with Gasteiger partial charge in [-0.1, -0.05) is 30.2 Å². The summed E-state index contributed by atoms with van der Waals surface area (Å²) >= 11 is 0. The number of carbonyl (C=O) groups excluding carboxylic acids is 2. The van der Waals surface area contributed by atoms with Crippen LogP contribution in [0.4, 0.5) is 4.39 Å². The van der Waals surface area contributed by atoms with Crippen molar-refractivity contribution < 1.29 is 27.9 Å². The number of esters is 2. The number of dihydropyridines is 1. The molecule has 0 spiro atoms. The Morgan fingerprint density at radius 2 is 1.85 bits per heavy atom. The predicted molar refractivity (Wildman–Crippen MR) is 123 cm³/mol. The number of halogens is 1. The Hall–Kier alpha value is -4.38. The average Bonchev–Trinajstić information content (AvgIpc) is 2.86. The van der Waals surface area contributed by atoms with Crippen LogP contribution in [0.1, 0.15) is 18.4 Å². The Labute approximate surface area is 193 Å². The molecule has 3 aromatic rings. The van der Waals surface area contributed by atoms with Gasteiger partial charge in [0.05, 0.1) is 40.6 Å². The molecule has 2 heterocycles. The van der Waals surface area contributed by atoms with Gasteiger partial charge >= 0.3 is 11.9 Å². The molecule has 1 atom stereocenters. The van der Waals surface area contributed by atoms with Gasteiger partial charge in [-0.2, -0.15) is 0 Å². The highest BCUT2D eigenvalue weighted by Gasteiger charge is 2.40. The first kappa shape index (κ1) is 22.8. The Kier molecular flexibility index (Phi) is 6.19. The summed E-state index contributed by atoms with van der Waals surface area (Å²) in [5, 5.41) is 3.39. The van der Waals surface area contributed by atoms with E-state index in [0.29, 0.717) is 16.5 Å². The second-order valence-corrected chi connectivity index (χ2v) is 7.55. The lowest BCUT2D eigenvalue weighted by Crippen LogP contribution is -2.34. The summed E-state index contributed by atoms with van der Waals surface area (Å²) in [6.45, 7) is 0.229. The molecule has 0 amide bonds. The molecule has 0 saturated heterocycles.